The van der Waals surface area contributed by atoms with Crippen LogP contribution in [0.1, 0.15) is 6.92 Å². The normalized spacial score (nSPS) is 10.2. The number of carbonyl (C=O) groups is 1. The van der Waals surface area contributed by atoms with Gasteiger partial charge in [0, 0.05) is 12.2 Å². The minimum atomic E-state index is -0.393. The molecule has 11 heavy (non-hydrogen) atoms. The number of allylic oxidation sites excluding steroid dienone is 3. The Bertz CT molecular complexity index is 211. The van der Waals surface area contributed by atoms with Crippen LogP contribution in [0, 0.1) is 11.3 Å². The van der Waals surface area contributed by atoms with Crippen molar-refractivity contribution in [1.29, 1.82) is 5.26 Å². The zero-order valence-corrected chi connectivity index (χ0v) is 6.28. The molecule has 0 aliphatic rings. The highest BCUT2D eigenvalue weighted by Gasteiger charge is 1.89. The van der Waals surface area contributed by atoms with E-state index in [2.05, 4.69) is 4.74 Å². The van der Waals surface area contributed by atoms with Gasteiger partial charge in [-0.3, -0.25) is 0 Å². The number of ether oxygens (including phenoxy) is 1. The number of nitrogens with zero attached hydrogens (tertiary/aromatic N) is 1. The lowest BCUT2D eigenvalue weighted by Gasteiger charge is -1.92. The van der Waals surface area contributed by atoms with Crippen molar-refractivity contribution in [3.8, 4) is 6.07 Å². The summed E-state index contributed by atoms with van der Waals surface area (Å²) in [6.07, 6.45) is 5.46. The summed E-state index contributed by atoms with van der Waals surface area (Å²) in [5, 5.41) is 8.05. The lowest BCUT2D eigenvalue weighted by molar-refractivity contribution is -0.137. The molecule has 0 heterocycles. The summed E-state index contributed by atoms with van der Waals surface area (Å²) in [4.78, 5) is 10.6. The van der Waals surface area contributed by atoms with Crippen LogP contribution in [-0.4, -0.2) is 12.6 Å². The van der Waals surface area contributed by atoms with Crippen LogP contribution in [-0.2, 0) is 9.53 Å². The highest BCUT2D eigenvalue weighted by atomic mass is 16.5. The number of nitriles is 1. The first-order valence-electron chi connectivity index (χ1n) is 3.20. The van der Waals surface area contributed by atoms with Crippen LogP contribution in [0.5, 0.6) is 0 Å². The summed E-state index contributed by atoms with van der Waals surface area (Å²) in [5.41, 5.74) is 0. The van der Waals surface area contributed by atoms with E-state index in [-0.39, 0.29) is 0 Å². The molecule has 0 amide bonds. The predicted molar refractivity (Wildman–Crippen MR) is 40.5 cm³/mol. The summed E-state index contributed by atoms with van der Waals surface area (Å²) >= 11 is 0. The molecular weight excluding hydrogens is 142 g/mol. The van der Waals surface area contributed by atoms with Crippen LogP contribution in [0.15, 0.2) is 24.3 Å². The van der Waals surface area contributed by atoms with E-state index in [1.807, 2.05) is 0 Å². The number of carbonyl (C=O) groups excluding carboxylic acids is 1. The van der Waals surface area contributed by atoms with Gasteiger partial charge >= 0.3 is 5.97 Å². The van der Waals surface area contributed by atoms with Crippen LogP contribution >= 0.6 is 0 Å². The quantitative estimate of drug-likeness (QED) is 0.263. The molecular formula is C8H9NO2. The van der Waals surface area contributed by atoms with Crippen molar-refractivity contribution in [3.05, 3.63) is 24.3 Å². The van der Waals surface area contributed by atoms with E-state index in [1.54, 1.807) is 13.0 Å². The topological polar surface area (TPSA) is 50.1 Å². The predicted octanol–water partition coefficient (Wildman–Crippen LogP) is 1.19. The third kappa shape index (κ3) is 6.32. The van der Waals surface area contributed by atoms with Crippen molar-refractivity contribution in [2.45, 2.75) is 6.92 Å². The SMILES string of the molecule is CCOC(=O)/C=C/C=C/C#N. The molecule has 0 aromatic carbocycles. The fourth-order valence-electron chi connectivity index (χ4n) is 0.423. The largest absolute Gasteiger partial charge is 0.463 e. The van der Waals surface area contributed by atoms with Gasteiger partial charge in [-0.2, -0.15) is 5.26 Å². The molecule has 0 saturated carbocycles. The molecule has 58 valence electrons. The lowest BCUT2D eigenvalue weighted by Crippen LogP contribution is -1.98. The Kier molecular flexibility index (Phi) is 5.63. The molecule has 0 aromatic heterocycles. The van der Waals surface area contributed by atoms with Gasteiger partial charge in [-0.05, 0) is 6.92 Å². The molecule has 0 radical (unpaired) electrons. The van der Waals surface area contributed by atoms with Gasteiger partial charge in [0.15, 0.2) is 0 Å². The van der Waals surface area contributed by atoms with E-state index in [0.717, 1.165) is 0 Å². The third-order valence-corrected chi connectivity index (χ3v) is 0.801. The van der Waals surface area contributed by atoms with Crippen LogP contribution in [0.25, 0.3) is 0 Å². The molecule has 0 N–H and O–H groups in total. The van der Waals surface area contributed by atoms with Gasteiger partial charge in [0.05, 0.1) is 12.7 Å². The van der Waals surface area contributed by atoms with Gasteiger partial charge in [-0.1, -0.05) is 12.2 Å². The van der Waals surface area contributed by atoms with Crippen LogP contribution in [0.2, 0.25) is 0 Å². The van der Waals surface area contributed by atoms with E-state index in [1.165, 1.54) is 24.3 Å². The molecule has 0 aromatic rings. The minimum absolute atomic E-state index is 0.366. The van der Waals surface area contributed by atoms with Gasteiger partial charge in [0.2, 0.25) is 0 Å². The zero-order valence-electron chi connectivity index (χ0n) is 6.28. The van der Waals surface area contributed by atoms with Crippen molar-refractivity contribution in [3.63, 3.8) is 0 Å². The molecule has 3 nitrogen and oxygen atoms in total. The standard InChI is InChI=1S/C8H9NO2/c1-2-11-8(10)6-4-3-5-7-9/h3-6H,2H2,1H3/b5-3+,6-4+. The van der Waals surface area contributed by atoms with Crippen LogP contribution in [0.4, 0.5) is 0 Å². The van der Waals surface area contributed by atoms with E-state index in [0.29, 0.717) is 6.61 Å². The van der Waals surface area contributed by atoms with Gasteiger partial charge in [-0.15, -0.1) is 0 Å². The van der Waals surface area contributed by atoms with Crippen LogP contribution < -0.4 is 0 Å². The Morgan fingerprint density at radius 2 is 2.36 bits per heavy atom. The molecule has 0 aliphatic carbocycles. The number of rotatable bonds is 3. The Labute approximate surface area is 65.6 Å². The summed E-state index contributed by atoms with van der Waals surface area (Å²) < 4.78 is 4.58. The minimum Gasteiger partial charge on any atom is -0.463 e. The Morgan fingerprint density at radius 1 is 1.64 bits per heavy atom. The van der Waals surface area contributed by atoms with Gasteiger partial charge in [0.1, 0.15) is 0 Å². The first-order valence-corrected chi connectivity index (χ1v) is 3.20. The molecule has 0 fully saturated rings. The second-order valence-corrected chi connectivity index (χ2v) is 1.60. The lowest BCUT2D eigenvalue weighted by atomic mass is 10.4. The maximum Gasteiger partial charge on any atom is 0.330 e. The number of hydrogen-bond donors (Lipinski definition) is 0. The molecule has 3 heteroatoms. The van der Waals surface area contributed by atoms with Crippen molar-refractivity contribution in [2.24, 2.45) is 0 Å². The first-order chi connectivity index (χ1) is 5.31. The first kappa shape index (κ1) is 9.44. The van der Waals surface area contributed by atoms with E-state index < -0.39 is 5.97 Å². The molecule has 0 rings (SSSR count). The van der Waals surface area contributed by atoms with Gasteiger partial charge in [-0.25, -0.2) is 4.79 Å². The smallest absolute Gasteiger partial charge is 0.330 e. The molecule has 0 atom stereocenters. The van der Waals surface area contributed by atoms with Crippen molar-refractivity contribution < 1.29 is 9.53 Å². The average Bonchev–Trinajstić information content (AvgIpc) is 1.99. The Hall–Kier alpha value is -1.56. The number of hydrogen-bond acceptors (Lipinski definition) is 3. The summed E-state index contributed by atoms with van der Waals surface area (Å²) in [5.74, 6) is -0.393. The van der Waals surface area contributed by atoms with Gasteiger partial charge in [0.25, 0.3) is 0 Å². The highest BCUT2D eigenvalue weighted by Crippen LogP contribution is 1.81. The van der Waals surface area contributed by atoms with Gasteiger partial charge < -0.3 is 4.74 Å². The van der Waals surface area contributed by atoms with Crippen LogP contribution in [0.3, 0.4) is 0 Å². The van der Waals surface area contributed by atoms with E-state index >= 15 is 0 Å². The van der Waals surface area contributed by atoms with E-state index in [9.17, 15) is 4.79 Å². The van der Waals surface area contributed by atoms with Crippen molar-refractivity contribution in [1.82, 2.24) is 0 Å². The summed E-state index contributed by atoms with van der Waals surface area (Å²) in [6, 6.07) is 1.79. The fraction of sp³-hybridized carbons (Fsp3) is 0.250. The van der Waals surface area contributed by atoms with Crippen molar-refractivity contribution >= 4 is 5.97 Å². The highest BCUT2D eigenvalue weighted by molar-refractivity contribution is 5.82. The molecule has 0 aliphatic heterocycles. The summed E-state index contributed by atoms with van der Waals surface area (Å²) in [7, 11) is 0. The molecule has 0 spiro atoms. The maximum atomic E-state index is 10.6. The second kappa shape index (κ2) is 6.56. The molecule has 0 saturated heterocycles. The van der Waals surface area contributed by atoms with E-state index in [4.69, 9.17) is 5.26 Å². The Balaban J connectivity index is 3.67. The monoisotopic (exact) mass is 151 g/mol. The molecule has 0 unspecified atom stereocenters. The average molecular weight is 151 g/mol. The summed E-state index contributed by atoms with van der Waals surface area (Å²) in [6.45, 7) is 2.10. The zero-order chi connectivity index (χ0) is 8.53. The fourth-order valence-corrected chi connectivity index (χ4v) is 0.423. The number of esters is 1. The maximum absolute atomic E-state index is 10.6. The Morgan fingerprint density at radius 3 is 2.91 bits per heavy atom. The second-order valence-electron chi connectivity index (χ2n) is 1.60. The molecule has 0 bridgehead atoms. The third-order valence-electron chi connectivity index (χ3n) is 0.801. The van der Waals surface area contributed by atoms with Crippen molar-refractivity contribution in [2.75, 3.05) is 6.61 Å².